The molecular weight excluding hydrogens is 326 g/mol. The molecule has 2 aromatic heterocycles. The number of amides is 1. The summed E-state index contributed by atoms with van der Waals surface area (Å²) in [4.78, 5) is 18.6. The van der Waals surface area contributed by atoms with Crippen LogP contribution in [0, 0.1) is 5.41 Å². The van der Waals surface area contributed by atoms with Crippen LogP contribution in [0.2, 0.25) is 5.15 Å². The van der Waals surface area contributed by atoms with E-state index in [4.69, 9.17) is 16.7 Å². The van der Waals surface area contributed by atoms with Crippen LogP contribution in [0.1, 0.15) is 32.9 Å². The van der Waals surface area contributed by atoms with E-state index in [-0.39, 0.29) is 17.9 Å². The van der Waals surface area contributed by atoms with Crippen LogP contribution in [0.5, 0.6) is 0 Å². The van der Waals surface area contributed by atoms with Gasteiger partial charge in [0.1, 0.15) is 5.65 Å². The monoisotopic (exact) mass is 349 g/mol. The van der Waals surface area contributed by atoms with Gasteiger partial charge in [-0.1, -0.05) is 38.4 Å². The third-order valence-electron chi connectivity index (χ3n) is 3.47. The van der Waals surface area contributed by atoms with Gasteiger partial charge in [0.2, 0.25) is 5.91 Å². The molecule has 5 nitrogen and oxygen atoms in total. The van der Waals surface area contributed by atoms with Crippen LogP contribution in [-0.2, 0) is 4.79 Å². The Morgan fingerprint density at radius 3 is 2.83 bits per heavy atom. The van der Waals surface area contributed by atoms with Gasteiger partial charge in [-0.15, -0.1) is 0 Å². The number of aromatic nitrogens is 2. The smallest absolute Gasteiger partial charge is 0.246 e. The summed E-state index contributed by atoms with van der Waals surface area (Å²) in [6.07, 6.45) is 5.63. The number of aliphatic hydroxyl groups is 1. The highest BCUT2D eigenvalue weighted by molar-refractivity contribution is 6.31. The zero-order valence-electron chi connectivity index (χ0n) is 14.4. The minimum Gasteiger partial charge on any atom is -0.396 e. The average Bonchev–Trinajstić information content (AvgIpc) is 2.83. The fourth-order valence-corrected chi connectivity index (χ4v) is 2.73. The van der Waals surface area contributed by atoms with Crippen molar-refractivity contribution in [3.63, 3.8) is 0 Å². The van der Waals surface area contributed by atoms with Crippen LogP contribution >= 0.6 is 11.6 Å². The molecule has 2 rings (SSSR count). The molecule has 24 heavy (non-hydrogen) atoms. The predicted octanol–water partition coefficient (Wildman–Crippen LogP) is 3.26. The van der Waals surface area contributed by atoms with E-state index in [0.29, 0.717) is 30.4 Å². The van der Waals surface area contributed by atoms with Gasteiger partial charge in [-0.25, -0.2) is 4.98 Å². The molecule has 0 unspecified atom stereocenters. The Morgan fingerprint density at radius 2 is 2.17 bits per heavy atom. The van der Waals surface area contributed by atoms with E-state index in [2.05, 4.69) is 25.8 Å². The van der Waals surface area contributed by atoms with Crippen molar-refractivity contribution in [1.29, 1.82) is 0 Å². The van der Waals surface area contributed by atoms with Crippen molar-refractivity contribution in [2.45, 2.75) is 27.2 Å². The lowest BCUT2D eigenvalue weighted by Crippen LogP contribution is -2.37. The summed E-state index contributed by atoms with van der Waals surface area (Å²) in [5.74, 6) is -0.0969. The maximum Gasteiger partial charge on any atom is 0.246 e. The van der Waals surface area contributed by atoms with Gasteiger partial charge in [0.25, 0.3) is 0 Å². The third kappa shape index (κ3) is 4.82. The van der Waals surface area contributed by atoms with E-state index in [0.717, 1.165) is 5.65 Å². The second-order valence-corrected chi connectivity index (χ2v) is 7.31. The fourth-order valence-electron chi connectivity index (χ4n) is 2.49. The van der Waals surface area contributed by atoms with E-state index in [1.54, 1.807) is 11.0 Å². The molecule has 0 radical (unpaired) electrons. The van der Waals surface area contributed by atoms with Gasteiger partial charge in [-0.05, 0) is 30.0 Å². The topological polar surface area (TPSA) is 57.8 Å². The van der Waals surface area contributed by atoms with Gasteiger partial charge >= 0.3 is 0 Å². The maximum absolute atomic E-state index is 12.6. The number of aliphatic hydroxyl groups excluding tert-OH is 1. The number of carbonyl (C=O) groups is 1. The first-order valence-corrected chi connectivity index (χ1v) is 8.40. The molecule has 0 atom stereocenters. The molecule has 130 valence electrons. The second-order valence-electron chi connectivity index (χ2n) is 6.95. The Bertz CT molecular complexity index is 731. The van der Waals surface area contributed by atoms with Gasteiger partial charge in [0.15, 0.2) is 5.15 Å². The predicted molar refractivity (Wildman–Crippen MR) is 97.0 cm³/mol. The molecule has 0 aromatic carbocycles. The lowest BCUT2D eigenvalue weighted by Gasteiger charge is -2.29. The van der Waals surface area contributed by atoms with Gasteiger partial charge in [-0.2, -0.15) is 0 Å². The van der Waals surface area contributed by atoms with Crippen LogP contribution < -0.4 is 0 Å². The van der Waals surface area contributed by atoms with Crippen molar-refractivity contribution in [2.75, 3.05) is 19.7 Å². The number of pyridine rings is 1. The van der Waals surface area contributed by atoms with Crippen LogP contribution in [0.15, 0.2) is 30.5 Å². The standard InChI is InChI=1S/C18H24ClN3O2/c1-18(2,3)13-21(10-6-12-23)16(24)9-8-14-17(19)20-15-7-4-5-11-22(14)15/h4-5,7-9,11,23H,6,10,12-13H2,1-3H3/b9-8+. The molecular formula is C18H24ClN3O2. The Balaban J connectivity index is 2.20. The lowest BCUT2D eigenvalue weighted by atomic mass is 9.96. The molecule has 1 amide bonds. The minimum atomic E-state index is -0.0969. The maximum atomic E-state index is 12.6. The van der Waals surface area contributed by atoms with E-state index >= 15 is 0 Å². The summed E-state index contributed by atoms with van der Waals surface area (Å²) in [5, 5.41) is 9.41. The molecule has 0 bridgehead atoms. The van der Waals surface area contributed by atoms with E-state index in [1.165, 1.54) is 6.08 Å². The molecule has 0 aliphatic carbocycles. The summed E-state index contributed by atoms with van der Waals surface area (Å²) in [7, 11) is 0. The van der Waals surface area contributed by atoms with E-state index < -0.39 is 0 Å². The van der Waals surface area contributed by atoms with Crippen molar-refractivity contribution in [2.24, 2.45) is 5.41 Å². The summed E-state index contributed by atoms with van der Waals surface area (Å²) >= 11 is 6.18. The highest BCUT2D eigenvalue weighted by Crippen LogP contribution is 2.20. The second kappa shape index (κ2) is 7.81. The molecule has 6 heteroatoms. The Morgan fingerprint density at radius 1 is 1.42 bits per heavy atom. The lowest BCUT2D eigenvalue weighted by molar-refractivity contribution is -0.127. The van der Waals surface area contributed by atoms with Crippen LogP contribution in [-0.4, -0.2) is 45.0 Å². The van der Waals surface area contributed by atoms with Crippen molar-refractivity contribution in [3.05, 3.63) is 41.3 Å². The number of hydrogen-bond acceptors (Lipinski definition) is 3. The molecule has 0 saturated carbocycles. The third-order valence-corrected chi connectivity index (χ3v) is 3.75. The highest BCUT2D eigenvalue weighted by Gasteiger charge is 2.19. The number of carbonyl (C=O) groups excluding carboxylic acids is 1. The zero-order chi connectivity index (χ0) is 17.7. The van der Waals surface area contributed by atoms with Gasteiger partial charge in [0, 0.05) is 32.0 Å². The Labute approximate surface area is 147 Å². The number of fused-ring (bicyclic) bond motifs is 1. The Hall–Kier alpha value is -1.85. The van der Waals surface area contributed by atoms with Crippen molar-refractivity contribution < 1.29 is 9.90 Å². The number of hydrogen-bond donors (Lipinski definition) is 1. The molecule has 1 N–H and O–H groups in total. The van der Waals surface area contributed by atoms with Gasteiger partial charge in [-0.3, -0.25) is 9.20 Å². The summed E-state index contributed by atoms with van der Waals surface area (Å²) in [6.45, 7) is 7.46. The first kappa shape index (κ1) is 18.5. The van der Waals surface area contributed by atoms with Crippen molar-refractivity contribution in [3.8, 4) is 0 Å². The van der Waals surface area contributed by atoms with Gasteiger partial charge < -0.3 is 10.0 Å². The normalized spacial score (nSPS) is 12.2. The van der Waals surface area contributed by atoms with E-state index in [9.17, 15) is 4.79 Å². The summed E-state index contributed by atoms with van der Waals surface area (Å²) in [5.41, 5.74) is 1.40. The number of imidazole rings is 1. The minimum absolute atomic E-state index is 0.0140. The molecule has 0 aliphatic heterocycles. The quantitative estimate of drug-likeness (QED) is 0.814. The van der Waals surface area contributed by atoms with E-state index in [1.807, 2.05) is 28.8 Å². The van der Waals surface area contributed by atoms with Crippen molar-refractivity contribution >= 4 is 29.2 Å². The highest BCUT2D eigenvalue weighted by atomic mass is 35.5. The van der Waals surface area contributed by atoms with Crippen LogP contribution in [0.3, 0.4) is 0 Å². The molecule has 0 fully saturated rings. The summed E-state index contributed by atoms with van der Waals surface area (Å²) in [6, 6.07) is 5.63. The van der Waals surface area contributed by atoms with Crippen LogP contribution in [0.25, 0.3) is 11.7 Å². The number of halogens is 1. The number of rotatable bonds is 6. The first-order chi connectivity index (χ1) is 11.3. The number of nitrogens with zero attached hydrogens (tertiary/aromatic N) is 3. The average molecular weight is 350 g/mol. The largest absolute Gasteiger partial charge is 0.396 e. The molecule has 2 heterocycles. The molecule has 2 aromatic rings. The molecule has 0 spiro atoms. The summed E-state index contributed by atoms with van der Waals surface area (Å²) < 4.78 is 1.84. The Kier molecular flexibility index (Phi) is 6.02. The molecule has 0 aliphatic rings. The van der Waals surface area contributed by atoms with Crippen LogP contribution in [0.4, 0.5) is 0 Å². The first-order valence-electron chi connectivity index (χ1n) is 8.02. The molecule has 0 saturated heterocycles. The fraction of sp³-hybridized carbons (Fsp3) is 0.444. The zero-order valence-corrected chi connectivity index (χ0v) is 15.1. The van der Waals surface area contributed by atoms with Gasteiger partial charge in [0.05, 0.1) is 5.69 Å². The van der Waals surface area contributed by atoms with Crippen molar-refractivity contribution in [1.82, 2.24) is 14.3 Å². The SMILES string of the molecule is CC(C)(C)CN(CCCO)C(=O)/C=C/c1c(Cl)nc2ccccn12.